The van der Waals surface area contributed by atoms with E-state index in [-0.39, 0.29) is 12.2 Å². The number of β-amino-alcohol motifs (C(OH)–C–C–N with tert-alkyl or cyclic N) is 1. The SMILES string of the molecule is O=c1[nH]ccc(S)c1N1CCN(CCO)CC1. The number of aliphatic hydroxyl groups excluding tert-OH is 1. The van der Waals surface area contributed by atoms with E-state index in [0.717, 1.165) is 26.2 Å². The molecule has 1 aliphatic heterocycles. The van der Waals surface area contributed by atoms with Crippen molar-refractivity contribution in [2.75, 3.05) is 44.2 Å². The molecule has 1 saturated heterocycles. The summed E-state index contributed by atoms with van der Waals surface area (Å²) >= 11 is 4.33. The Morgan fingerprint density at radius 1 is 1.35 bits per heavy atom. The second-order valence-electron chi connectivity index (χ2n) is 4.09. The number of aromatic nitrogens is 1. The summed E-state index contributed by atoms with van der Waals surface area (Å²) in [5, 5.41) is 8.87. The minimum absolute atomic E-state index is 0.0897. The van der Waals surface area contributed by atoms with Gasteiger partial charge in [0.05, 0.1) is 6.61 Å². The standard InChI is InChI=1S/C11H17N3O2S/c15-8-7-13-3-5-14(6-4-13)10-9(17)1-2-12-11(10)16/h1-2,15H,3-8H2,(H2,12,16,17). The van der Waals surface area contributed by atoms with Crippen molar-refractivity contribution in [3.8, 4) is 0 Å². The van der Waals surface area contributed by atoms with E-state index in [4.69, 9.17) is 5.11 Å². The van der Waals surface area contributed by atoms with Crippen molar-refractivity contribution in [1.82, 2.24) is 9.88 Å². The lowest BCUT2D eigenvalue weighted by atomic mass is 10.2. The van der Waals surface area contributed by atoms with E-state index >= 15 is 0 Å². The predicted octanol–water partition coefficient (Wildman–Crippen LogP) is -0.222. The fraction of sp³-hybridized carbons (Fsp3) is 0.545. The molecule has 0 aliphatic carbocycles. The molecular weight excluding hydrogens is 238 g/mol. The summed E-state index contributed by atoms with van der Waals surface area (Å²) in [4.78, 5) is 19.4. The Labute approximate surface area is 105 Å². The van der Waals surface area contributed by atoms with Gasteiger partial charge >= 0.3 is 0 Å². The third-order valence-electron chi connectivity index (χ3n) is 3.02. The smallest absolute Gasteiger partial charge is 0.272 e. The molecule has 2 rings (SSSR count). The van der Waals surface area contributed by atoms with Crippen LogP contribution in [0.5, 0.6) is 0 Å². The Balaban J connectivity index is 2.08. The van der Waals surface area contributed by atoms with Crippen LogP contribution in [-0.4, -0.2) is 54.3 Å². The van der Waals surface area contributed by atoms with E-state index in [1.165, 1.54) is 0 Å². The average Bonchev–Trinajstić information content (AvgIpc) is 2.31. The van der Waals surface area contributed by atoms with Crippen LogP contribution in [0.15, 0.2) is 22.0 Å². The van der Waals surface area contributed by atoms with Gasteiger partial charge in [-0.1, -0.05) is 0 Å². The van der Waals surface area contributed by atoms with Crippen LogP contribution in [0.4, 0.5) is 5.69 Å². The maximum absolute atomic E-state index is 11.7. The Hall–Kier alpha value is -0.980. The number of rotatable bonds is 3. The van der Waals surface area contributed by atoms with Gasteiger partial charge in [0.1, 0.15) is 5.69 Å². The van der Waals surface area contributed by atoms with Crippen LogP contribution in [0.25, 0.3) is 0 Å². The molecule has 0 saturated carbocycles. The molecule has 0 spiro atoms. The molecule has 2 heterocycles. The number of anilines is 1. The number of aromatic amines is 1. The lowest BCUT2D eigenvalue weighted by Gasteiger charge is -2.35. The summed E-state index contributed by atoms with van der Waals surface area (Å²) in [6.07, 6.45) is 1.61. The molecule has 0 unspecified atom stereocenters. The van der Waals surface area contributed by atoms with Gasteiger partial charge in [0.2, 0.25) is 0 Å². The van der Waals surface area contributed by atoms with Crippen molar-refractivity contribution in [3.05, 3.63) is 22.6 Å². The van der Waals surface area contributed by atoms with E-state index in [0.29, 0.717) is 17.1 Å². The highest BCUT2D eigenvalue weighted by molar-refractivity contribution is 7.80. The average molecular weight is 255 g/mol. The third-order valence-corrected chi connectivity index (χ3v) is 3.38. The Bertz CT molecular complexity index is 427. The summed E-state index contributed by atoms with van der Waals surface area (Å²) in [6, 6.07) is 1.79. The Morgan fingerprint density at radius 2 is 2.06 bits per heavy atom. The largest absolute Gasteiger partial charge is 0.395 e. The van der Waals surface area contributed by atoms with Crippen LogP contribution in [0, 0.1) is 0 Å². The van der Waals surface area contributed by atoms with Gasteiger partial charge in [0, 0.05) is 43.8 Å². The normalized spacial score (nSPS) is 17.4. The predicted molar refractivity (Wildman–Crippen MR) is 70.1 cm³/mol. The molecule has 0 amide bonds. The molecule has 94 valence electrons. The highest BCUT2D eigenvalue weighted by Crippen LogP contribution is 2.19. The number of hydrogen-bond acceptors (Lipinski definition) is 5. The van der Waals surface area contributed by atoms with Gasteiger partial charge in [-0.2, -0.15) is 0 Å². The second kappa shape index (κ2) is 5.57. The molecule has 1 aromatic heterocycles. The molecule has 0 bridgehead atoms. The number of nitrogens with zero attached hydrogens (tertiary/aromatic N) is 2. The van der Waals surface area contributed by atoms with Crippen LogP contribution in [-0.2, 0) is 0 Å². The number of hydrogen-bond donors (Lipinski definition) is 3. The first kappa shape index (κ1) is 12.5. The molecule has 0 radical (unpaired) electrons. The molecule has 2 N–H and O–H groups in total. The van der Waals surface area contributed by atoms with Gasteiger partial charge < -0.3 is 15.0 Å². The van der Waals surface area contributed by atoms with Gasteiger partial charge in [0.25, 0.3) is 5.56 Å². The molecule has 17 heavy (non-hydrogen) atoms. The van der Waals surface area contributed by atoms with Crippen LogP contribution in [0.1, 0.15) is 0 Å². The van der Waals surface area contributed by atoms with E-state index < -0.39 is 0 Å². The topological polar surface area (TPSA) is 59.6 Å². The third kappa shape index (κ3) is 2.83. The molecule has 5 nitrogen and oxygen atoms in total. The van der Waals surface area contributed by atoms with Crippen molar-refractivity contribution < 1.29 is 5.11 Å². The fourth-order valence-corrected chi connectivity index (χ4v) is 2.42. The number of nitrogens with one attached hydrogen (secondary N) is 1. The minimum atomic E-state index is -0.0897. The van der Waals surface area contributed by atoms with Gasteiger partial charge in [0.15, 0.2) is 0 Å². The van der Waals surface area contributed by atoms with Crippen molar-refractivity contribution in [3.63, 3.8) is 0 Å². The van der Waals surface area contributed by atoms with E-state index in [1.54, 1.807) is 12.3 Å². The first-order chi connectivity index (χ1) is 8.22. The number of H-pyrrole nitrogens is 1. The molecule has 1 aromatic rings. The van der Waals surface area contributed by atoms with Gasteiger partial charge in [-0.15, -0.1) is 12.6 Å². The monoisotopic (exact) mass is 255 g/mol. The maximum atomic E-state index is 11.7. The number of pyridine rings is 1. The van der Waals surface area contributed by atoms with Crippen LogP contribution >= 0.6 is 12.6 Å². The second-order valence-corrected chi connectivity index (χ2v) is 4.57. The fourth-order valence-electron chi connectivity index (χ4n) is 2.10. The summed E-state index contributed by atoms with van der Waals surface area (Å²) < 4.78 is 0. The molecular formula is C11H17N3O2S. The zero-order valence-electron chi connectivity index (χ0n) is 9.59. The molecule has 0 atom stereocenters. The number of piperazine rings is 1. The van der Waals surface area contributed by atoms with Crippen LogP contribution in [0.3, 0.4) is 0 Å². The highest BCUT2D eigenvalue weighted by atomic mass is 32.1. The lowest BCUT2D eigenvalue weighted by molar-refractivity contribution is 0.188. The van der Waals surface area contributed by atoms with Crippen LogP contribution < -0.4 is 10.5 Å². The van der Waals surface area contributed by atoms with Crippen molar-refractivity contribution >= 4 is 18.3 Å². The summed E-state index contributed by atoms with van der Waals surface area (Å²) in [7, 11) is 0. The van der Waals surface area contributed by atoms with Crippen LogP contribution in [0.2, 0.25) is 0 Å². The molecule has 0 aromatic carbocycles. The van der Waals surface area contributed by atoms with Gasteiger partial charge in [-0.05, 0) is 6.07 Å². The molecule has 6 heteroatoms. The van der Waals surface area contributed by atoms with Crippen molar-refractivity contribution in [2.45, 2.75) is 4.90 Å². The Morgan fingerprint density at radius 3 is 2.65 bits per heavy atom. The van der Waals surface area contributed by atoms with Gasteiger partial charge in [-0.3, -0.25) is 9.69 Å². The summed E-state index contributed by atoms with van der Waals surface area (Å²) in [5.41, 5.74) is 0.563. The summed E-state index contributed by atoms with van der Waals surface area (Å²) in [6.45, 7) is 4.20. The number of thiol groups is 1. The Kier molecular flexibility index (Phi) is 4.09. The molecule has 1 fully saturated rings. The zero-order chi connectivity index (χ0) is 12.3. The quantitative estimate of drug-likeness (QED) is 0.654. The maximum Gasteiger partial charge on any atom is 0.272 e. The number of aliphatic hydroxyl groups is 1. The lowest BCUT2D eigenvalue weighted by Crippen LogP contribution is -2.48. The van der Waals surface area contributed by atoms with Gasteiger partial charge in [-0.25, -0.2) is 0 Å². The van der Waals surface area contributed by atoms with E-state index in [1.807, 2.05) is 0 Å². The first-order valence-corrected chi connectivity index (χ1v) is 6.16. The highest BCUT2D eigenvalue weighted by Gasteiger charge is 2.20. The summed E-state index contributed by atoms with van der Waals surface area (Å²) in [5.74, 6) is 0. The molecule has 1 aliphatic rings. The van der Waals surface area contributed by atoms with E-state index in [2.05, 4.69) is 27.4 Å². The zero-order valence-corrected chi connectivity index (χ0v) is 10.5. The van der Waals surface area contributed by atoms with Crippen molar-refractivity contribution in [1.29, 1.82) is 0 Å². The van der Waals surface area contributed by atoms with E-state index in [9.17, 15) is 4.79 Å². The van der Waals surface area contributed by atoms with Crippen molar-refractivity contribution in [2.24, 2.45) is 0 Å². The minimum Gasteiger partial charge on any atom is -0.395 e. The first-order valence-electron chi connectivity index (χ1n) is 5.71.